The van der Waals surface area contributed by atoms with Gasteiger partial charge in [-0.05, 0) is 32.6 Å². The van der Waals surface area contributed by atoms with E-state index in [-0.39, 0.29) is 0 Å². The molecule has 2 rings (SSSR count). The van der Waals surface area contributed by atoms with Crippen LogP contribution >= 0.6 is 0 Å². The monoisotopic (exact) mass is 479 g/mol. The maximum Gasteiger partial charge on any atom is 0.328 e. The number of nitrogens with zero attached hydrogens (tertiary/aromatic N) is 2. The molecule has 188 valence electrons. The highest BCUT2D eigenvalue weighted by Crippen LogP contribution is 2.24. The third kappa shape index (κ3) is 17.1. The summed E-state index contributed by atoms with van der Waals surface area (Å²) >= 11 is 0. The van der Waals surface area contributed by atoms with Gasteiger partial charge in [-0.15, -0.1) is 0 Å². The van der Waals surface area contributed by atoms with Crippen molar-refractivity contribution in [3.8, 4) is 0 Å². The SMILES string of the molecule is CN(C)CCC(c1ccccc1)N1CCNCC1.O=C(O)C=CC(=O)O.O=C(O)C=CC(=O)O. The van der Waals surface area contributed by atoms with Crippen molar-refractivity contribution < 1.29 is 39.6 Å². The molecule has 1 aliphatic rings. The molecule has 1 aromatic rings. The lowest BCUT2D eigenvalue weighted by Crippen LogP contribution is -2.45. The maximum absolute atomic E-state index is 9.55. The molecule has 0 spiro atoms. The largest absolute Gasteiger partial charge is 0.478 e. The van der Waals surface area contributed by atoms with Crippen LogP contribution in [0, 0.1) is 0 Å². The minimum atomic E-state index is -1.26. The molecule has 1 aromatic carbocycles. The highest BCUT2D eigenvalue weighted by Gasteiger charge is 2.21. The van der Waals surface area contributed by atoms with Gasteiger partial charge in [-0.3, -0.25) is 4.90 Å². The lowest BCUT2D eigenvalue weighted by Gasteiger charge is -2.35. The van der Waals surface area contributed by atoms with Crippen LogP contribution < -0.4 is 5.32 Å². The van der Waals surface area contributed by atoms with Crippen LogP contribution in [0.5, 0.6) is 0 Å². The molecule has 1 saturated heterocycles. The molecule has 11 nitrogen and oxygen atoms in total. The van der Waals surface area contributed by atoms with Gasteiger partial charge < -0.3 is 30.6 Å². The summed E-state index contributed by atoms with van der Waals surface area (Å²) < 4.78 is 0. The van der Waals surface area contributed by atoms with Gasteiger partial charge in [0.2, 0.25) is 0 Å². The fourth-order valence-corrected chi connectivity index (χ4v) is 2.89. The predicted octanol–water partition coefficient (Wildman–Crippen LogP) is 1.01. The summed E-state index contributed by atoms with van der Waals surface area (Å²) in [7, 11) is 4.31. The molecular formula is C23H33N3O8. The second-order valence-corrected chi connectivity index (χ2v) is 7.32. The number of rotatable bonds is 9. The van der Waals surface area contributed by atoms with Gasteiger partial charge in [0.1, 0.15) is 0 Å². The Hall–Kier alpha value is -3.54. The van der Waals surface area contributed by atoms with Gasteiger partial charge in [0.25, 0.3) is 0 Å². The number of carbonyl (C=O) groups is 4. The Labute approximate surface area is 198 Å². The third-order valence-electron chi connectivity index (χ3n) is 4.36. The van der Waals surface area contributed by atoms with Crippen LogP contribution in [0.4, 0.5) is 0 Å². The normalized spacial score (nSPS) is 14.6. The molecule has 0 amide bonds. The van der Waals surface area contributed by atoms with Crippen LogP contribution in [0.3, 0.4) is 0 Å². The zero-order chi connectivity index (χ0) is 25.9. The first-order chi connectivity index (χ1) is 16.0. The first-order valence-electron chi connectivity index (χ1n) is 10.4. The van der Waals surface area contributed by atoms with Crippen LogP contribution in [-0.4, -0.2) is 101 Å². The fourth-order valence-electron chi connectivity index (χ4n) is 2.89. The summed E-state index contributed by atoms with van der Waals surface area (Å²) in [6, 6.07) is 11.5. The van der Waals surface area contributed by atoms with Crippen LogP contribution in [0.25, 0.3) is 0 Å². The average molecular weight is 480 g/mol. The third-order valence-corrected chi connectivity index (χ3v) is 4.36. The molecule has 1 fully saturated rings. The standard InChI is InChI=1S/C15H25N3.2C4H4O4/c1-17(2)11-8-15(14-6-4-3-5-7-14)18-12-9-16-10-13-18;2*5-3(6)1-2-4(7)8/h3-7,15-16H,8-13H2,1-2H3;2*1-2H,(H,5,6)(H,7,8). The van der Waals surface area contributed by atoms with Crippen molar-refractivity contribution in [3.63, 3.8) is 0 Å². The molecule has 1 unspecified atom stereocenters. The Morgan fingerprint density at radius 3 is 1.62 bits per heavy atom. The topological polar surface area (TPSA) is 168 Å². The Bertz CT molecular complexity index is 753. The van der Waals surface area contributed by atoms with Crippen molar-refractivity contribution in [2.24, 2.45) is 0 Å². The van der Waals surface area contributed by atoms with E-state index in [2.05, 4.69) is 59.5 Å². The summed E-state index contributed by atoms with van der Waals surface area (Å²) in [5.41, 5.74) is 1.46. The van der Waals surface area contributed by atoms with Crippen molar-refractivity contribution >= 4 is 23.9 Å². The molecule has 5 N–H and O–H groups in total. The van der Waals surface area contributed by atoms with Gasteiger partial charge in [0.15, 0.2) is 0 Å². The number of hydrogen-bond acceptors (Lipinski definition) is 7. The van der Waals surface area contributed by atoms with E-state index in [4.69, 9.17) is 20.4 Å². The summed E-state index contributed by atoms with van der Waals surface area (Å²) in [5.74, 6) is -5.03. The molecule has 0 bridgehead atoms. The highest BCUT2D eigenvalue weighted by atomic mass is 16.4. The number of hydrogen-bond donors (Lipinski definition) is 5. The lowest BCUT2D eigenvalue weighted by atomic mass is 10.0. The summed E-state index contributed by atoms with van der Waals surface area (Å²) in [5, 5.41) is 34.7. The highest BCUT2D eigenvalue weighted by molar-refractivity contribution is 5.90. The van der Waals surface area contributed by atoms with Gasteiger partial charge in [-0.1, -0.05) is 30.3 Å². The van der Waals surface area contributed by atoms with Crippen molar-refractivity contribution in [1.82, 2.24) is 15.1 Å². The van der Waals surface area contributed by atoms with E-state index in [1.165, 1.54) is 12.0 Å². The Morgan fingerprint density at radius 2 is 1.26 bits per heavy atom. The molecule has 34 heavy (non-hydrogen) atoms. The molecule has 1 heterocycles. The van der Waals surface area contributed by atoms with Crippen LogP contribution in [-0.2, 0) is 19.2 Å². The Kier molecular flexibility index (Phi) is 16.1. The van der Waals surface area contributed by atoms with Crippen LogP contribution in [0.1, 0.15) is 18.0 Å². The molecule has 11 heteroatoms. The minimum absolute atomic E-state index is 0.558. The Morgan fingerprint density at radius 1 is 0.853 bits per heavy atom. The lowest BCUT2D eigenvalue weighted by molar-refractivity contribution is -0.134. The predicted molar refractivity (Wildman–Crippen MR) is 126 cm³/mol. The number of carboxylic acid groups (broad SMARTS) is 4. The van der Waals surface area contributed by atoms with Crippen LogP contribution in [0.2, 0.25) is 0 Å². The summed E-state index contributed by atoms with van der Waals surface area (Å²) in [6.07, 6.45) is 3.44. The molecule has 0 saturated carbocycles. The van der Waals surface area contributed by atoms with Crippen molar-refractivity contribution in [2.45, 2.75) is 12.5 Å². The van der Waals surface area contributed by atoms with Crippen molar-refractivity contribution in [3.05, 3.63) is 60.2 Å². The fraction of sp³-hybridized carbons (Fsp3) is 0.391. The van der Waals surface area contributed by atoms with E-state index in [0.29, 0.717) is 30.3 Å². The average Bonchev–Trinajstić information content (AvgIpc) is 2.78. The van der Waals surface area contributed by atoms with E-state index in [1.807, 2.05) is 0 Å². The summed E-state index contributed by atoms with van der Waals surface area (Å²) in [6.45, 7) is 5.69. The number of benzene rings is 1. The van der Waals surface area contributed by atoms with E-state index in [0.717, 1.165) is 32.7 Å². The van der Waals surface area contributed by atoms with Gasteiger partial charge in [0, 0.05) is 56.5 Å². The van der Waals surface area contributed by atoms with Gasteiger partial charge in [-0.25, -0.2) is 19.2 Å². The van der Waals surface area contributed by atoms with Crippen molar-refractivity contribution in [2.75, 3.05) is 46.8 Å². The number of carboxylic acids is 4. The van der Waals surface area contributed by atoms with E-state index in [1.54, 1.807) is 0 Å². The maximum atomic E-state index is 9.55. The second kappa shape index (κ2) is 18.0. The number of aliphatic carboxylic acids is 4. The zero-order valence-corrected chi connectivity index (χ0v) is 19.3. The first-order valence-corrected chi connectivity index (χ1v) is 10.4. The molecule has 0 aliphatic carbocycles. The number of nitrogens with one attached hydrogen (secondary N) is 1. The smallest absolute Gasteiger partial charge is 0.328 e. The quantitative estimate of drug-likeness (QED) is 0.321. The van der Waals surface area contributed by atoms with E-state index < -0.39 is 23.9 Å². The second-order valence-electron chi connectivity index (χ2n) is 7.32. The number of piperazine rings is 1. The molecule has 0 aromatic heterocycles. The zero-order valence-electron chi connectivity index (χ0n) is 19.3. The molecule has 1 atom stereocenters. The minimum Gasteiger partial charge on any atom is -0.478 e. The summed E-state index contributed by atoms with van der Waals surface area (Å²) in [4.78, 5) is 43.1. The van der Waals surface area contributed by atoms with Crippen LogP contribution in [0.15, 0.2) is 54.6 Å². The molecule has 0 radical (unpaired) electrons. The Balaban J connectivity index is 0.000000570. The molecule has 1 aliphatic heterocycles. The van der Waals surface area contributed by atoms with E-state index >= 15 is 0 Å². The molecular weight excluding hydrogens is 446 g/mol. The first kappa shape index (κ1) is 30.5. The van der Waals surface area contributed by atoms with Gasteiger partial charge in [-0.2, -0.15) is 0 Å². The van der Waals surface area contributed by atoms with Gasteiger partial charge in [0.05, 0.1) is 0 Å². The van der Waals surface area contributed by atoms with Gasteiger partial charge >= 0.3 is 23.9 Å². The van der Waals surface area contributed by atoms with E-state index in [9.17, 15) is 19.2 Å². The van der Waals surface area contributed by atoms with Crippen molar-refractivity contribution in [1.29, 1.82) is 0 Å².